The molecule has 3 atom stereocenters. The molecular formula is C13H23F3N2O2. The van der Waals surface area contributed by atoms with Crippen LogP contribution in [0.25, 0.3) is 0 Å². The van der Waals surface area contributed by atoms with E-state index in [1.54, 1.807) is 0 Å². The fourth-order valence-electron chi connectivity index (χ4n) is 2.50. The zero-order valence-electron chi connectivity index (χ0n) is 12.2. The van der Waals surface area contributed by atoms with Crippen molar-refractivity contribution in [1.29, 1.82) is 0 Å². The van der Waals surface area contributed by atoms with Crippen molar-refractivity contribution < 1.29 is 22.7 Å². The van der Waals surface area contributed by atoms with E-state index >= 15 is 0 Å². The van der Waals surface area contributed by atoms with Crippen molar-refractivity contribution >= 4 is 5.97 Å². The quantitative estimate of drug-likeness (QED) is 0.786. The molecule has 0 radical (unpaired) electrons. The van der Waals surface area contributed by atoms with Gasteiger partial charge in [0.15, 0.2) is 0 Å². The fraction of sp³-hybridized carbons (Fsp3) is 0.923. The summed E-state index contributed by atoms with van der Waals surface area (Å²) in [6.07, 6.45) is -2.96. The first kappa shape index (κ1) is 17.2. The highest BCUT2D eigenvalue weighted by Crippen LogP contribution is 2.22. The topological polar surface area (TPSA) is 41.6 Å². The monoisotopic (exact) mass is 296 g/mol. The van der Waals surface area contributed by atoms with Gasteiger partial charge in [0.2, 0.25) is 0 Å². The Labute approximate surface area is 117 Å². The van der Waals surface area contributed by atoms with E-state index in [1.165, 1.54) is 7.11 Å². The Kier molecular flexibility index (Phi) is 6.26. The Morgan fingerprint density at radius 1 is 1.45 bits per heavy atom. The van der Waals surface area contributed by atoms with Gasteiger partial charge in [0.25, 0.3) is 0 Å². The molecule has 0 amide bonds. The number of ether oxygens (including phenoxy) is 1. The van der Waals surface area contributed by atoms with E-state index in [9.17, 15) is 18.0 Å². The number of hydrogen-bond donors (Lipinski definition) is 1. The van der Waals surface area contributed by atoms with Crippen LogP contribution in [0.4, 0.5) is 13.2 Å². The van der Waals surface area contributed by atoms with Gasteiger partial charge in [-0.3, -0.25) is 9.69 Å². The maximum Gasteiger partial charge on any atom is 0.401 e. The smallest absolute Gasteiger partial charge is 0.401 e. The molecule has 0 spiro atoms. The van der Waals surface area contributed by atoms with Crippen molar-refractivity contribution in [2.24, 2.45) is 5.92 Å². The van der Waals surface area contributed by atoms with Gasteiger partial charge in [0.05, 0.1) is 19.6 Å². The number of rotatable bonds is 5. The summed E-state index contributed by atoms with van der Waals surface area (Å²) < 4.78 is 41.6. The molecule has 1 N–H and O–H groups in total. The Balaban J connectivity index is 2.66. The number of piperidine rings is 1. The molecule has 1 rings (SSSR count). The van der Waals surface area contributed by atoms with Gasteiger partial charge in [-0.1, -0.05) is 6.92 Å². The molecule has 7 heteroatoms. The lowest BCUT2D eigenvalue weighted by Crippen LogP contribution is -2.54. The molecule has 1 fully saturated rings. The molecule has 4 nitrogen and oxygen atoms in total. The predicted octanol–water partition coefficient (Wildman–Crippen LogP) is 1.80. The number of nitrogens with zero attached hydrogens (tertiary/aromatic N) is 1. The molecule has 0 saturated carbocycles. The van der Waals surface area contributed by atoms with E-state index in [4.69, 9.17) is 4.74 Å². The third-order valence-electron chi connectivity index (χ3n) is 3.82. The van der Waals surface area contributed by atoms with Gasteiger partial charge in [0, 0.05) is 25.2 Å². The number of likely N-dealkylation sites (tertiary alicyclic amines) is 1. The Hall–Kier alpha value is -0.820. The molecule has 1 aliphatic rings. The first-order chi connectivity index (χ1) is 9.26. The van der Waals surface area contributed by atoms with Crippen LogP contribution in [-0.4, -0.2) is 55.9 Å². The molecule has 1 aliphatic heterocycles. The van der Waals surface area contributed by atoms with Gasteiger partial charge in [0.1, 0.15) is 0 Å². The van der Waals surface area contributed by atoms with E-state index in [2.05, 4.69) is 10.2 Å². The number of carbonyl (C=O) groups excluding carboxylic acids is 1. The molecular weight excluding hydrogens is 273 g/mol. The summed E-state index contributed by atoms with van der Waals surface area (Å²) in [6.45, 7) is 4.08. The zero-order valence-corrected chi connectivity index (χ0v) is 12.2. The van der Waals surface area contributed by atoms with E-state index in [1.807, 2.05) is 13.8 Å². The van der Waals surface area contributed by atoms with Gasteiger partial charge in [-0.2, -0.15) is 13.2 Å². The second-order valence-corrected chi connectivity index (χ2v) is 5.36. The van der Waals surface area contributed by atoms with Gasteiger partial charge in [-0.05, 0) is 19.8 Å². The first-order valence-corrected chi connectivity index (χ1v) is 6.88. The standard InChI is InChI=1S/C13H23F3N2O2/c1-4-9(2)18-6-10(12(19)20-3)5-11(7-18)17-8-13(14,15)16/h9-11,17H,4-8H2,1-3H3. The summed E-state index contributed by atoms with van der Waals surface area (Å²) >= 11 is 0. The summed E-state index contributed by atoms with van der Waals surface area (Å²) in [5.41, 5.74) is 0. The summed E-state index contributed by atoms with van der Waals surface area (Å²) in [7, 11) is 1.31. The van der Waals surface area contributed by atoms with Crippen molar-refractivity contribution in [2.75, 3.05) is 26.7 Å². The second-order valence-electron chi connectivity index (χ2n) is 5.36. The zero-order chi connectivity index (χ0) is 15.3. The molecule has 1 saturated heterocycles. The van der Waals surface area contributed by atoms with Gasteiger partial charge >= 0.3 is 12.1 Å². The number of esters is 1. The molecule has 20 heavy (non-hydrogen) atoms. The molecule has 118 valence electrons. The lowest BCUT2D eigenvalue weighted by atomic mass is 9.92. The van der Waals surface area contributed by atoms with E-state index in [0.29, 0.717) is 19.5 Å². The normalized spacial score (nSPS) is 26.3. The minimum Gasteiger partial charge on any atom is -0.469 e. The highest BCUT2D eigenvalue weighted by molar-refractivity contribution is 5.72. The maximum atomic E-state index is 12.3. The fourth-order valence-corrected chi connectivity index (χ4v) is 2.50. The van der Waals surface area contributed by atoms with Crippen LogP contribution in [0.15, 0.2) is 0 Å². The molecule has 0 aromatic rings. The average molecular weight is 296 g/mol. The number of alkyl halides is 3. The van der Waals surface area contributed by atoms with E-state index in [0.717, 1.165) is 6.42 Å². The highest BCUT2D eigenvalue weighted by Gasteiger charge is 2.35. The molecule has 0 aromatic carbocycles. The summed E-state index contributed by atoms with van der Waals surface area (Å²) in [5, 5.41) is 2.50. The Morgan fingerprint density at radius 2 is 2.10 bits per heavy atom. The minimum atomic E-state index is -4.24. The van der Waals surface area contributed by atoms with Gasteiger partial charge < -0.3 is 10.1 Å². The predicted molar refractivity (Wildman–Crippen MR) is 69.3 cm³/mol. The van der Waals surface area contributed by atoms with Crippen LogP contribution in [0.3, 0.4) is 0 Å². The third-order valence-corrected chi connectivity index (χ3v) is 3.82. The number of halogens is 3. The van der Waals surface area contributed by atoms with Gasteiger partial charge in [-0.15, -0.1) is 0 Å². The number of carbonyl (C=O) groups is 1. The van der Waals surface area contributed by atoms with Gasteiger partial charge in [-0.25, -0.2) is 0 Å². The second kappa shape index (κ2) is 7.26. The number of hydrogen-bond acceptors (Lipinski definition) is 4. The molecule has 1 heterocycles. The summed E-state index contributed by atoms with van der Waals surface area (Å²) in [5.74, 6) is -0.717. The SMILES string of the molecule is CCC(C)N1CC(NCC(F)(F)F)CC(C(=O)OC)C1. The largest absolute Gasteiger partial charge is 0.469 e. The van der Waals surface area contributed by atoms with Crippen molar-refractivity contribution in [1.82, 2.24) is 10.2 Å². The Bertz CT molecular complexity index is 323. The lowest BCUT2D eigenvalue weighted by Gasteiger charge is -2.40. The molecule has 0 aliphatic carbocycles. The maximum absolute atomic E-state index is 12.3. The molecule has 3 unspecified atom stereocenters. The van der Waals surface area contributed by atoms with Crippen molar-refractivity contribution in [3.05, 3.63) is 0 Å². The van der Waals surface area contributed by atoms with Crippen LogP contribution < -0.4 is 5.32 Å². The van der Waals surface area contributed by atoms with Crippen molar-refractivity contribution in [3.63, 3.8) is 0 Å². The summed E-state index contributed by atoms with van der Waals surface area (Å²) in [4.78, 5) is 13.7. The highest BCUT2D eigenvalue weighted by atomic mass is 19.4. The lowest BCUT2D eigenvalue weighted by molar-refractivity contribution is -0.148. The van der Waals surface area contributed by atoms with E-state index < -0.39 is 12.7 Å². The number of nitrogens with one attached hydrogen (secondary N) is 1. The van der Waals surface area contributed by atoms with Crippen molar-refractivity contribution in [3.8, 4) is 0 Å². The van der Waals surface area contributed by atoms with Crippen LogP contribution in [0.5, 0.6) is 0 Å². The van der Waals surface area contributed by atoms with Crippen LogP contribution in [-0.2, 0) is 9.53 Å². The molecule has 0 bridgehead atoms. The molecule has 0 aromatic heterocycles. The first-order valence-electron chi connectivity index (χ1n) is 6.88. The Morgan fingerprint density at radius 3 is 2.60 bits per heavy atom. The summed E-state index contributed by atoms with van der Waals surface area (Å²) in [6, 6.07) is -0.110. The van der Waals surface area contributed by atoms with Crippen LogP contribution >= 0.6 is 0 Å². The average Bonchev–Trinajstić information content (AvgIpc) is 2.42. The van der Waals surface area contributed by atoms with Crippen molar-refractivity contribution in [2.45, 2.75) is 44.9 Å². The van der Waals surface area contributed by atoms with Crippen LogP contribution in [0, 0.1) is 5.92 Å². The van der Waals surface area contributed by atoms with Crippen LogP contribution in [0.2, 0.25) is 0 Å². The van der Waals surface area contributed by atoms with E-state index in [-0.39, 0.29) is 24.0 Å². The van der Waals surface area contributed by atoms with Crippen LogP contribution in [0.1, 0.15) is 26.7 Å². The number of methoxy groups -OCH3 is 1. The third kappa shape index (κ3) is 5.28. The minimum absolute atomic E-state index is 0.234.